The maximum atomic E-state index is 13.5. The van der Waals surface area contributed by atoms with Crippen molar-refractivity contribution in [3.63, 3.8) is 0 Å². The minimum absolute atomic E-state index is 0.0620. The number of para-hydroxylation sites is 1. The molecule has 0 aliphatic rings. The lowest BCUT2D eigenvalue weighted by Gasteiger charge is -2.31. The predicted octanol–water partition coefficient (Wildman–Crippen LogP) is 4.00. The molecule has 6 nitrogen and oxygen atoms in total. The highest BCUT2D eigenvalue weighted by Crippen LogP contribution is 2.23. The summed E-state index contributed by atoms with van der Waals surface area (Å²) in [4.78, 5) is 28.1. The second-order valence-electron chi connectivity index (χ2n) is 7.94. The van der Waals surface area contributed by atoms with Crippen LogP contribution in [-0.2, 0) is 22.6 Å². The second-order valence-corrected chi connectivity index (χ2v) is 8.35. The molecule has 35 heavy (non-hydrogen) atoms. The minimum atomic E-state index is -0.858. The van der Waals surface area contributed by atoms with E-state index in [-0.39, 0.29) is 38.6 Å². The van der Waals surface area contributed by atoms with Crippen LogP contribution in [0.4, 0.5) is 4.39 Å². The Kier molecular flexibility index (Phi) is 10.1. The molecule has 0 saturated carbocycles. The molecule has 184 valence electrons. The maximum absolute atomic E-state index is 13.5. The van der Waals surface area contributed by atoms with Crippen molar-refractivity contribution >= 4 is 23.4 Å². The van der Waals surface area contributed by atoms with Gasteiger partial charge in [0.05, 0.1) is 5.02 Å². The van der Waals surface area contributed by atoms with Crippen LogP contribution in [0, 0.1) is 5.82 Å². The Morgan fingerprint density at radius 2 is 1.66 bits per heavy atom. The Balaban J connectivity index is 1.88. The molecular formula is C27H28ClFN2O4. The topological polar surface area (TPSA) is 78.9 Å². The van der Waals surface area contributed by atoms with Crippen LogP contribution in [0.5, 0.6) is 5.75 Å². The fourth-order valence-corrected chi connectivity index (χ4v) is 3.72. The smallest absolute Gasteiger partial charge is 0.261 e. The molecule has 0 bridgehead atoms. The number of ether oxygens (including phenoxy) is 1. The zero-order valence-corrected chi connectivity index (χ0v) is 20.0. The maximum Gasteiger partial charge on any atom is 0.261 e. The molecule has 0 fully saturated rings. The van der Waals surface area contributed by atoms with E-state index in [1.165, 1.54) is 17.0 Å². The van der Waals surface area contributed by atoms with Gasteiger partial charge in [0.25, 0.3) is 5.91 Å². The average molecular weight is 499 g/mol. The van der Waals surface area contributed by atoms with Crippen molar-refractivity contribution in [3.8, 4) is 5.75 Å². The summed E-state index contributed by atoms with van der Waals surface area (Å²) < 4.78 is 19.1. The number of carbonyl (C=O) groups excluding carboxylic acids is 2. The van der Waals surface area contributed by atoms with Crippen molar-refractivity contribution in [2.75, 3.05) is 19.8 Å². The molecule has 2 amide bonds. The molecule has 3 aromatic carbocycles. The van der Waals surface area contributed by atoms with Crippen molar-refractivity contribution in [1.82, 2.24) is 10.2 Å². The Bertz CT molecular complexity index is 1100. The number of nitrogens with one attached hydrogen (secondary N) is 1. The van der Waals surface area contributed by atoms with E-state index in [0.29, 0.717) is 22.8 Å². The molecule has 1 atom stereocenters. The van der Waals surface area contributed by atoms with Gasteiger partial charge < -0.3 is 20.1 Å². The standard InChI is InChI=1S/C27H28ClFN2O4/c28-23-9-4-5-10-25(23)35-19-26(33)31(18-21-11-13-22(29)14-12-21)24(27(34)30-15-6-16-32)17-20-7-2-1-3-8-20/h1-5,7-14,24,32H,6,15-19H2,(H,30,34). The molecule has 3 rings (SSSR count). The van der Waals surface area contributed by atoms with Gasteiger partial charge >= 0.3 is 0 Å². The lowest BCUT2D eigenvalue weighted by molar-refractivity contribution is -0.142. The third-order valence-electron chi connectivity index (χ3n) is 5.36. The zero-order valence-electron chi connectivity index (χ0n) is 19.2. The average Bonchev–Trinajstić information content (AvgIpc) is 2.87. The number of hydrogen-bond donors (Lipinski definition) is 2. The van der Waals surface area contributed by atoms with Gasteiger partial charge in [-0.05, 0) is 41.8 Å². The third-order valence-corrected chi connectivity index (χ3v) is 5.67. The lowest BCUT2D eigenvalue weighted by Crippen LogP contribution is -2.51. The number of halogens is 2. The van der Waals surface area contributed by atoms with E-state index in [1.54, 1.807) is 36.4 Å². The number of carbonyl (C=O) groups is 2. The zero-order chi connectivity index (χ0) is 25.0. The van der Waals surface area contributed by atoms with Crippen molar-refractivity contribution < 1.29 is 23.8 Å². The van der Waals surface area contributed by atoms with Crippen LogP contribution in [-0.4, -0.2) is 47.6 Å². The number of aliphatic hydroxyl groups is 1. The van der Waals surface area contributed by atoms with Gasteiger partial charge in [0.2, 0.25) is 5.91 Å². The number of hydrogen-bond acceptors (Lipinski definition) is 4. The van der Waals surface area contributed by atoms with Crippen LogP contribution in [0.1, 0.15) is 17.5 Å². The SMILES string of the molecule is O=C(NCCCO)C(Cc1ccccc1)N(Cc1ccc(F)cc1)C(=O)COc1ccccc1Cl. The molecule has 0 radical (unpaired) electrons. The molecule has 3 aromatic rings. The highest BCUT2D eigenvalue weighted by molar-refractivity contribution is 6.32. The quantitative estimate of drug-likeness (QED) is 0.370. The van der Waals surface area contributed by atoms with Crippen LogP contribution in [0.25, 0.3) is 0 Å². The molecule has 0 aliphatic carbocycles. The van der Waals surface area contributed by atoms with Gasteiger partial charge in [0.1, 0.15) is 17.6 Å². The molecule has 0 saturated heterocycles. The first-order valence-corrected chi connectivity index (χ1v) is 11.7. The van der Waals surface area contributed by atoms with Crippen LogP contribution < -0.4 is 10.1 Å². The van der Waals surface area contributed by atoms with Crippen molar-refractivity contribution in [2.45, 2.75) is 25.4 Å². The van der Waals surface area contributed by atoms with Gasteiger partial charge in [-0.25, -0.2) is 4.39 Å². The van der Waals surface area contributed by atoms with Gasteiger partial charge in [0, 0.05) is 26.1 Å². The Labute approximate surface area is 209 Å². The molecule has 8 heteroatoms. The van der Waals surface area contributed by atoms with Gasteiger partial charge in [-0.3, -0.25) is 9.59 Å². The van der Waals surface area contributed by atoms with E-state index in [0.717, 1.165) is 5.56 Å². The van der Waals surface area contributed by atoms with Gasteiger partial charge in [-0.2, -0.15) is 0 Å². The normalized spacial score (nSPS) is 11.5. The summed E-state index contributed by atoms with van der Waals surface area (Å²) in [6.45, 7) is -0.0427. The number of rotatable bonds is 12. The minimum Gasteiger partial charge on any atom is -0.482 e. The molecule has 1 unspecified atom stereocenters. The molecule has 0 heterocycles. The van der Waals surface area contributed by atoms with E-state index >= 15 is 0 Å². The first-order chi connectivity index (χ1) is 17.0. The first-order valence-electron chi connectivity index (χ1n) is 11.3. The third kappa shape index (κ3) is 8.09. The van der Waals surface area contributed by atoms with Crippen LogP contribution in [0.15, 0.2) is 78.9 Å². The Morgan fingerprint density at radius 1 is 0.971 bits per heavy atom. The summed E-state index contributed by atoms with van der Waals surface area (Å²) in [6, 6.07) is 21.1. The van der Waals surface area contributed by atoms with Gasteiger partial charge in [-0.1, -0.05) is 66.2 Å². The Hall–Kier alpha value is -3.42. The Morgan fingerprint density at radius 3 is 2.34 bits per heavy atom. The molecule has 0 aliphatic heterocycles. The van der Waals surface area contributed by atoms with Crippen LogP contribution in [0.3, 0.4) is 0 Å². The highest BCUT2D eigenvalue weighted by atomic mass is 35.5. The fraction of sp³-hybridized carbons (Fsp3) is 0.259. The summed E-state index contributed by atoms with van der Waals surface area (Å²) in [7, 11) is 0. The number of benzene rings is 3. The number of amides is 2. The second kappa shape index (κ2) is 13.5. The van der Waals surface area contributed by atoms with E-state index in [9.17, 15) is 14.0 Å². The summed E-state index contributed by atoms with van der Waals surface area (Å²) in [5.41, 5.74) is 1.54. The summed E-state index contributed by atoms with van der Waals surface area (Å²) in [6.07, 6.45) is 0.663. The highest BCUT2D eigenvalue weighted by Gasteiger charge is 2.30. The summed E-state index contributed by atoms with van der Waals surface area (Å²) in [5.74, 6) is -0.810. The van der Waals surface area contributed by atoms with Gasteiger partial charge in [-0.15, -0.1) is 0 Å². The van der Waals surface area contributed by atoms with Crippen molar-refractivity contribution in [2.24, 2.45) is 0 Å². The van der Waals surface area contributed by atoms with Crippen molar-refractivity contribution in [3.05, 3.63) is 101 Å². The predicted molar refractivity (Wildman–Crippen MR) is 133 cm³/mol. The van der Waals surface area contributed by atoms with Crippen LogP contribution in [0.2, 0.25) is 5.02 Å². The summed E-state index contributed by atoms with van der Waals surface area (Å²) >= 11 is 6.15. The number of aliphatic hydroxyl groups excluding tert-OH is 1. The monoisotopic (exact) mass is 498 g/mol. The fourth-order valence-electron chi connectivity index (χ4n) is 3.53. The molecule has 0 spiro atoms. The molecular weight excluding hydrogens is 471 g/mol. The molecule has 0 aromatic heterocycles. The van der Waals surface area contributed by atoms with E-state index in [1.807, 2.05) is 30.3 Å². The van der Waals surface area contributed by atoms with Crippen molar-refractivity contribution in [1.29, 1.82) is 0 Å². The van der Waals surface area contributed by atoms with Gasteiger partial charge in [0.15, 0.2) is 6.61 Å². The molecule has 2 N–H and O–H groups in total. The lowest BCUT2D eigenvalue weighted by atomic mass is 10.0. The van der Waals surface area contributed by atoms with E-state index in [4.69, 9.17) is 21.4 Å². The van der Waals surface area contributed by atoms with Crippen LogP contribution >= 0.6 is 11.6 Å². The summed E-state index contributed by atoms with van der Waals surface area (Å²) in [5, 5.41) is 12.3. The van der Waals surface area contributed by atoms with E-state index < -0.39 is 17.8 Å². The largest absolute Gasteiger partial charge is 0.482 e. The van der Waals surface area contributed by atoms with E-state index in [2.05, 4.69) is 5.32 Å². The first kappa shape index (κ1) is 26.2. The number of nitrogens with zero attached hydrogens (tertiary/aromatic N) is 1.